The third-order valence-electron chi connectivity index (χ3n) is 4.68. The van der Waals surface area contributed by atoms with Crippen LogP contribution in [0.3, 0.4) is 0 Å². The zero-order valence-electron chi connectivity index (χ0n) is 16.1. The summed E-state index contributed by atoms with van der Waals surface area (Å²) in [5, 5.41) is 22.2. The molecule has 9 heteroatoms. The fourth-order valence-electron chi connectivity index (χ4n) is 3.14. The Morgan fingerprint density at radius 3 is 2.64 bits per heavy atom. The third-order valence-corrected chi connectivity index (χ3v) is 4.68. The van der Waals surface area contributed by atoms with Crippen LogP contribution in [0.5, 0.6) is 0 Å². The number of nitrogens with one attached hydrogen (secondary N) is 1. The predicted molar refractivity (Wildman–Crippen MR) is 102 cm³/mol. The lowest BCUT2D eigenvalue weighted by molar-refractivity contribution is -0.386. The van der Waals surface area contributed by atoms with Crippen LogP contribution in [0.25, 0.3) is 0 Å². The second-order valence-corrected chi connectivity index (χ2v) is 6.46. The Balaban J connectivity index is 1.91. The molecule has 0 atom stereocenters. The predicted octanol–water partition coefficient (Wildman–Crippen LogP) is 3.57. The number of nitrogens with zero attached hydrogens (tertiary/aromatic N) is 4. The van der Waals surface area contributed by atoms with Gasteiger partial charge in [-0.05, 0) is 38.8 Å². The molecular formula is C19H21N5O4. The second-order valence-electron chi connectivity index (χ2n) is 6.46. The molecule has 0 fully saturated rings. The van der Waals surface area contributed by atoms with Gasteiger partial charge in [0.05, 0.1) is 11.5 Å². The van der Waals surface area contributed by atoms with Crippen LogP contribution in [0.4, 0.5) is 11.4 Å². The molecule has 2 aromatic heterocycles. The van der Waals surface area contributed by atoms with Gasteiger partial charge in [-0.2, -0.15) is 5.10 Å². The largest absolute Gasteiger partial charge is 0.361 e. The number of carbonyl (C=O) groups is 1. The quantitative estimate of drug-likeness (QED) is 0.514. The number of hydrogen-bond donors (Lipinski definition) is 1. The Morgan fingerprint density at radius 2 is 2.00 bits per heavy atom. The Kier molecular flexibility index (Phi) is 5.25. The van der Waals surface area contributed by atoms with Gasteiger partial charge in [0.25, 0.3) is 5.91 Å². The van der Waals surface area contributed by atoms with Gasteiger partial charge in [-0.15, -0.1) is 0 Å². The molecule has 3 rings (SSSR count). The van der Waals surface area contributed by atoms with Crippen LogP contribution < -0.4 is 5.32 Å². The molecule has 0 radical (unpaired) electrons. The second kappa shape index (κ2) is 7.63. The summed E-state index contributed by atoms with van der Waals surface area (Å²) in [4.78, 5) is 23.6. The van der Waals surface area contributed by atoms with Gasteiger partial charge in [0, 0.05) is 11.3 Å². The molecule has 146 valence electrons. The number of carbonyl (C=O) groups excluding carboxylic acids is 1. The molecule has 28 heavy (non-hydrogen) atoms. The van der Waals surface area contributed by atoms with E-state index in [-0.39, 0.29) is 17.9 Å². The number of hydrogen-bond acceptors (Lipinski definition) is 6. The number of aromatic nitrogens is 3. The van der Waals surface area contributed by atoms with Crippen molar-refractivity contribution in [3.63, 3.8) is 0 Å². The number of anilines is 1. The average Bonchev–Trinajstić information content (AvgIpc) is 3.15. The third kappa shape index (κ3) is 3.51. The standard InChI is InChI=1S/C19H21N5O4/c1-5-14-8-6-7-9-16(14)20-19(25)17-15(13(4)28-22-17)10-23-12(3)18(24(26)27)11(2)21-23/h6-9H,5,10H2,1-4H3,(H,20,25). The summed E-state index contributed by atoms with van der Waals surface area (Å²) in [6.07, 6.45) is 0.774. The summed E-state index contributed by atoms with van der Waals surface area (Å²) in [6, 6.07) is 7.53. The van der Waals surface area contributed by atoms with Crippen molar-refractivity contribution in [1.29, 1.82) is 0 Å². The fraction of sp³-hybridized carbons (Fsp3) is 0.316. The van der Waals surface area contributed by atoms with E-state index in [2.05, 4.69) is 15.6 Å². The zero-order chi connectivity index (χ0) is 20.4. The van der Waals surface area contributed by atoms with Crippen molar-refractivity contribution in [2.75, 3.05) is 5.32 Å². The summed E-state index contributed by atoms with van der Waals surface area (Å²) in [5.74, 6) is 0.0629. The lowest BCUT2D eigenvalue weighted by atomic mass is 10.1. The van der Waals surface area contributed by atoms with Crippen molar-refractivity contribution < 1.29 is 14.2 Å². The number of rotatable bonds is 6. The summed E-state index contributed by atoms with van der Waals surface area (Å²) in [5.41, 5.74) is 3.09. The highest BCUT2D eigenvalue weighted by Gasteiger charge is 2.26. The Hall–Kier alpha value is -3.49. The molecule has 0 aliphatic rings. The van der Waals surface area contributed by atoms with Gasteiger partial charge < -0.3 is 9.84 Å². The number of para-hydroxylation sites is 1. The van der Waals surface area contributed by atoms with Crippen molar-refractivity contribution >= 4 is 17.3 Å². The highest BCUT2D eigenvalue weighted by atomic mass is 16.6. The molecule has 3 aromatic rings. The molecule has 0 aliphatic heterocycles. The normalized spacial score (nSPS) is 10.9. The minimum Gasteiger partial charge on any atom is -0.361 e. The van der Waals surface area contributed by atoms with Gasteiger partial charge in [0.1, 0.15) is 17.1 Å². The lowest BCUT2D eigenvalue weighted by Crippen LogP contribution is -2.17. The minimum absolute atomic E-state index is 0.0306. The van der Waals surface area contributed by atoms with E-state index < -0.39 is 10.8 Å². The van der Waals surface area contributed by atoms with E-state index in [1.54, 1.807) is 20.8 Å². The van der Waals surface area contributed by atoms with Crippen molar-refractivity contribution in [2.45, 2.75) is 40.7 Å². The van der Waals surface area contributed by atoms with E-state index in [9.17, 15) is 14.9 Å². The molecule has 2 heterocycles. The lowest BCUT2D eigenvalue weighted by Gasteiger charge is -2.09. The molecule has 0 saturated carbocycles. The minimum atomic E-state index is -0.454. The fourth-order valence-corrected chi connectivity index (χ4v) is 3.14. The molecule has 1 aromatic carbocycles. The van der Waals surface area contributed by atoms with Gasteiger partial charge in [0.2, 0.25) is 0 Å². The SMILES string of the molecule is CCc1ccccc1NC(=O)c1noc(C)c1Cn1nc(C)c([N+](=O)[O-])c1C. The van der Waals surface area contributed by atoms with Crippen molar-refractivity contribution in [3.8, 4) is 0 Å². The van der Waals surface area contributed by atoms with Gasteiger partial charge in [-0.3, -0.25) is 19.6 Å². The number of amides is 1. The summed E-state index contributed by atoms with van der Waals surface area (Å²) >= 11 is 0. The first-order valence-corrected chi connectivity index (χ1v) is 8.86. The number of benzene rings is 1. The van der Waals surface area contributed by atoms with E-state index in [0.717, 1.165) is 12.0 Å². The molecule has 0 saturated heterocycles. The maximum Gasteiger partial charge on any atom is 0.312 e. The maximum atomic E-state index is 12.8. The van der Waals surface area contributed by atoms with Crippen molar-refractivity contribution in [1.82, 2.24) is 14.9 Å². The average molecular weight is 383 g/mol. The van der Waals surface area contributed by atoms with E-state index >= 15 is 0 Å². The van der Waals surface area contributed by atoms with Crippen LogP contribution >= 0.6 is 0 Å². The maximum absolute atomic E-state index is 12.8. The Morgan fingerprint density at radius 1 is 1.29 bits per heavy atom. The van der Waals surface area contributed by atoms with Gasteiger partial charge in [-0.1, -0.05) is 30.3 Å². The zero-order valence-corrected chi connectivity index (χ0v) is 16.1. The van der Waals surface area contributed by atoms with E-state index in [1.807, 2.05) is 31.2 Å². The molecule has 0 bridgehead atoms. The van der Waals surface area contributed by atoms with Gasteiger partial charge in [0.15, 0.2) is 5.69 Å². The summed E-state index contributed by atoms with van der Waals surface area (Å²) < 4.78 is 6.71. The summed E-state index contributed by atoms with van der Waals surface area (Å²) in [7, 11) is 0. The van der Waals surface area contributed by atoms with Crippen LogP contribution in [0.2, 0.25) is 0 Å². The highest BCUT2D eigenvalue weighted by Crippen LogP contribution is 2.25. The molecule has 1 amide bonds. The van der Waals surface area contributed by atoms with Crippen molar-refractivity contribution in [3.05, 3.63) is 68.3 Å². The smallest absolute Gasteiger partial charge is 0.312 e. The Labute approximate surface area is 161 Å². The van der Waals surface area contributed by atoms with Crippen LogP contribution in [0.15, 0.2) is 28.8 Å². The molecular weight excluding hydrogens is 362 g/mol. The molecule has 0 spiro atoms. The van der Waals surface area contributed by atoms with E-state index in [0.29, 0.717) is 28.4 Å². The first-order valence-electron chi connectivity index (χ1n) is 8.86. The molecule has 0 aliphatic carbocycles. The first-order chi connectivity index (χ1) is 13.3. The molecule has 0 unspecified atom stereocenters. The number of nitro groups is 1. The Bertz CT molecular complexity index is 1050. The molecule has 9 nitrogen and oxygen atoms in total. The monoisotopic (exact) mass is 383 g/mol. The van der Waals surface area contributed by atoms with Crippen LogP contribution in [-0.2, 0) is 13.0 Å². The highest BCUT2D eigenvalue weighted by molar-refractivity contribution is 6.04. The number of aryl methyl sites for hydroxylation is 3. The molecule has 1 N–H and O–H groups in total. The first kappa shape index (κ1) is 19.3. The van der Waals surface area contributed by atoms with Crippen LogP contribution in [-0.4, -0.2) is 25.8 Å². The van der Waals surface area contributed by atoms with Crippen molar-refractivity contribution in [2.24, 2.45) is 0 Å². The topological polar surface area (TPSA) is 116 Å². The van der Waals surface area contributed by atoms with Gasteiger partial charge >= 0.3 is 5.69 Å². The summed E-state index contributed by atoms with van der Waals surface area (Å²) in [6.45, 7) is 7.05. The van der Waals surface area contributed by atoms with Gasteiger partial charge in [-0.25, -0.2) is 0 Å². The van der Waals surface area contributed by atoms with Crippen LogP contribution in [0.1, 0.15) is 45.7 Å². The van der Waals surface area contributed by atoms with E-state index in [1.165, 1.54) is 4.68 Å². The van der Waals surface area contributed by atoms with E-state index in [4.69, 9.17) is 4.52 Å². The van der Waals surface area contributed by atoms with Crippen LogP contribution in [0, 0.1) is 30.9 Å².